The molecule has 5 nitrogen and oxygen atoms in total. The molecule has 108 valence electrons. The lowest BCUT2D eigenvalue weighted by Crippen LogP contribution is -2.35. The first-order valence-corrected chi connectivity index (χ1v) is 6.66. The molecule has 1 aromatic rings. The maximum absolute atomic E-state index is 12.7. The van der Waals surface area contributed by atoms with Gasteiger partial charge in [0.15, 0.2) is 12.4 Å². The number of benzene rings is 1. The standard InChI is InChI=1S/C14H18FN3O2/c15-11-7-5-10(6-8-11)14(16)18-20-9-13(19)17-12-3-1-2-4-12/h5-8,12H,1-4,9H2,(H2,16,18)(H,17,19). The van der Waals surface area contributed by atoms with E-state index in [2.05, 4.69) is 10.5 Å². The number of carbonyl (C=O) groups excluding carboxylic acids is 1. The number of hydrogen-bond acceptors (Lipinski definition) is 3. The van der Waals surface area contributed by atoms with E-state index in [-0.39, 0.29) is 30.2 Å². The van der Waals surface area contributed by atoms with Gasteiger partial charge in [0, 0.05) is 11.6 Å². The van der Waals surface area contributed by atoms with Gasteiger partial charge in [0.25, 0.3) is 5.91 Å². The van der Waals surface area contributed by atoms with Crippen LogP contribution in [0.5, 0.6) is 0 Å². The van der Waals surface area contributed by atoms with Crippen molar-refractivity contribution in [2.45, 2.75) is 31.7 Å². The topological polar surface area (TPSA) is 76.7 Å². The van der Waals surface area contributed by atoms with Crippen molar-refractivity contribution in [3.05, 3.63) is 35.6 Å². The largest absolute Gasteiger partial charge is 0.384 e. The predicted molar refractivity (Wildman–Crippen MR) is 73.5 cm³/mol. The third kappa shape index (κ3) is 4.22. The van der Waals surface area contributed by atoms with E-state index in [1.807, 2.05) is 0 Å². The first-order chi connectivity index (χ1) is 9.65. The number of nitrogens with two attached hydrogens (primary N) is 1. The van der Waals surface area contributed by atoms with Gasteiger partial charge in [-0.05, 0) is 37.1 Å². The Morgan fingerprint density at radius 2 is 2.00 bits per heavy atom. The average molecular weight is 279 g/mol. The van der Waals surface area contributed by atoms with E-state index in [1.54, 1.807) is 0 Å². The van der Waals surface area contributed by atoms with Crippen molar-refractivity contribution in [2.75, 3.05) is 6.61 Å². The molecular formula is C14H18FN3O2. The van der Waals surface area contributed by atoms with Crippen LogP contribution in [-0.4, -0.2) is 24.4 Å². The fourth-order valence-electron chi connectivity index (χ4n) is 2.17. The molecule has 0 radical (unpaired) electrons. The molecule has 0 aromatic heterocycles. The van der Waals surface area contributed by atoms with Crippen molar-refractivity contribution in [2.24, 2.45) is 10.9 Å². The Bertz CT molecular complexity index is 482. The van der Waals surface area contributed by atoms with Gasteiger partial charge >= 0.3 is 0 Å². The molecule has 0 atom stereocenters. The monoisotopic (exact) mass is 279 g/mol. The third-order valence-corrected chi connectivity index (χ3v) is 3.22. The smallest absolute Gasteiger partial charge is 0.260 e. The molecule has 1 aromatic carbocycles. The van der Waals surface area contributed by atoms with E-state index < -0.39 is 0 Å². The summed E-state index contributed by atoms with van der Waals surface area (Å²) in [7, 11) is 0. The summed E-state index contributed by atoms with van der Waals surface area (Å²) in [6, 6.07) is 5.81. The highest BCUT2D eigenvalue weighted by atomic mass is 19.1. The van der Waals surface area contributed by atoms with Crippen molar-refractivity contribution in [3.8, 4) is 0 Å². The lowest BCUT2D eigenvalue weighted by Gasteiger charge is -2.10. The zero-order valence-electron chi connectivity index (χ0n) is 11.1. The van der Waals surface area contributed by atoms with Gasteiger partial charge in [0.2, 0.25) is 0 Å². The highest BCUT2D eigenvalue weighted by Crippen LogP contribution is 2.17. The van der Waals surface area contributed by atoms with Gasteiger partial charge in [-0.25, -0.2) is 4.39 Å². The highest BCUT2D eigenvalue weighted by Gasteiger charge is 2.17. The lowest BCUT2D eigenvalue weighted by atomic mass is 10.2. The zero-order chi connectivity index (χ0) is 14.4. The summed E-state index contributed by atoms with van der Waals surface area (Å²) in [4.78, 5) is 16.5. The molecule has 0 aliphatic heterocycles. The summed E-state index contributed by atoms with van der Waals surface area (Å²) in [6.07, 6.45) is 4.35. The summed E-state index contributed by atoms with van der Waals surface area (Å²) < 4.78 is 12.7. The number of hydrogen-bond donors (Lipinski definition) is 2. The second-order valence-corrected chi connectivity index (χ2v) is 4.81. The molecule has 0 bridgehead atoms. The van der Waals surface area contributed by atoms with Gasteiger partial charge < -0.3 is 15.9 Å². The number of halogens is 1. The van der Waals surface area contributed by atoms with Crippen LogP contribution >= 0.6 is 0 Å². The highest BCUT2D eigenvalue weighted by molar-refractivity contribution is 5.97. The number of nitrogens with one attached hydrogen (secondary N) is 1. The van der Waals surface area contributed by atoms with Crippen molar-refractivity contribution >= 4 is 11.7 Å². The zero-order valence-corrected chi connectivity index (χ0v) is 11.1. The molecule has 1 fully saturated rings. The molecule has 3 N–H and O–H groups in total. The maximum atomic E-state index is 12.7. The first-order valence-electron chi connectivity index (χ1n) is 6.66. The Hall–Kier alpha value is -2.11. The summed E-state index contributed by atoms with van der Waals surface area (Å²) in [5.41, 5.74) is 6.21. The first kappa shape index (κ1) is 14.3. The molecule has 2 rings (SSSR count). The minimum absolute atomic E-state index is 0.110. The third-order valence-electron chi connectivity index (χ3n) is 3.22. The molecule has 0 unspecified atom stereocenters. The second kappa shape index (κ2) is 6.88. The van der Waals surface area contributed by atoms with Gasteiger partial charge in [-0.1, -0.05) is 18.0 Å². The normalized spacial score (nSPS) is 16.1. The van der Waals surface area contributed by atoms with Crippen LogP contribution in [-0.2, 0) is 9.63 Å². The van der Waals surface area contributed by atoms with Crippen LogP contribution in [0.15, 0.2) is 29.4 Å². The maximum Gasteiger partial charge on any atom is 0.260 e. The minimum Gasteiger partial charge on any atom is -0.384 e. The van der Waals surface area contributed by atoms with Crippen LogP contribution in [0.25, 0.3) is 0 Å². The number of oxime groups is 1. The van der Waals surface area contributed by atoms with E-state index in [0.29, 0.717) is 5.56 Å². The van der Waals surface area contributed by atoms with E-state index in [9.17, 15) is 9.18 Å². The molecule has 0 spiro atoms. The minimum atomic E-state index is -0.349. The Labute approximate surface area is 117 Å². The number of carbonyl (C=O) groups is 1. The molecule has 1 aliphatic rings. The lowest BCUT2D eigenvalue weighted by molar-refractivity contribution is -0.126. The molecule has 1 saturated carbocycles. The number of rotatable bonds is 5. The molecule has 0 saturated heterocycles. The summed E-state index contributed by atoms with van der Waals surface area (Å²) in [5, 5.41) is 6.53. The van der Waals surface area contributed by atoms with Gasteiger partial charge in [-0.2, -0.15) is 0 Å². The molecule has 20 heavy (non-hydrogen) atoms. The van der Waals surface area contributed by atoms with Crippen molar-refractivity contribution in [1.82, 2.24) is 5.32 Å². The Kier molecular flexibility index (Phi) is 4.92. The number of amidine groups is 1. The van der Waals surface area contributed by atoms with E-state index in [0.717, 1.165) is 25.7 Å². The molecule has 0 heterocycles. The SMILES string of the molecule is N/C(=N\OCC(=O)NC1CCCC1)c1ccc(F)cc1. The van der Waals surface area contributed by atoms with Crippen LogP contribution in [0.1, 0.15) is 31.2 Å². The van der Waals surface area contributed by atoms with E-state index in [4.69, 9.17) is 10.6 Å². The number of amides is 1. The Morgan fingerprint density at radius 1 is 1.35 bits per heavy atom. The number of nitrogens with zero attached hydrogens (tertiary/aromatic N) is 1. The quantitative estimate of drug-likeness (QED) is 0.487. The van der Waals surface area contributed by atoms with Crippen LogP contribution in [0.4, 0.5) is 4.39 Å². The summed E-state index contributed by atoms with van der Waals surface area (Å²) >= 11 is 0. The van der Waals surface area contributed by atoms with Crippen LogP contribution in [0, 0.1) is 5.82 Å². The van der Waals surface area contributed by atoms with Crippen molar-refractivity contribution < 1.29 is 14.0 Å². The van der Waals surface area contributed by atoms with E-state index >= 15 is 0 Å². The summed E-state index contributed by atoms with van der Waals surface area (Å²) in [6.45, 7) is -0.168. The van der Waals surface area contributed by atoms with Gasteiger partial charge in [-0.3, -0.25) is 4.79 Å². The Morgan fingerprint density at radius 3 is 2.65 bits per heavy atom. The van der Waals surface area contributed by atoms with E-state index in [1.165, 1.54) is 24.3 Å². The van der Waals surface area contributed by atoms with Gasteiger partial charge in [0.1, 0.15) is 5.82 Å². The van der Waals surface area contributed by atoms with Crippen molar-refractivity contribution in [1.29, 1.82) is 0 Å². The predicted octanol–water partition coefficient (Wildman–Crippen LogP) is 1.52. The van der Waals surface area contributed by atoms with Crippen LogP contribution in [0.3, 0.4) is 0 Å². The fourth-order valence-corrected chi connectivity index (χ4v) is 2.17. The summed E-state index contributed by atoms with van der Waals surface area (Å²) in [5.74, 6) is -0.440. The molecule has 1 aliphatic carbocycles. The molecular weight excluding hydrogens is 261 g/mol. The second-order valence-electron chi connectivity index (χ2n) is 4.81. The average Bonchev–Trinajstić information content (AvgIpc) is 2.92. The van der Waals surface area contributed by atoms with Gasteiger partial charge in [0.05, 0.1) is 0 Å². The van der Waals surface area contributed by atoms with Crippen LogP contribution < -0.4 is 11.1 Å². The Balaban J connectivity index is 1.77. The van der Waals surface area contributed by atoms with Crippen molar-refractivity contribution in [3.63, 3.8) is 0 Å². The molecule has 1 amide bonds. The molecule has 6 heteroatoms. The fraction of sp³-hybridized carbons (Fsp3) is 0.429. The van der Waals surface area contributed by atoms with Gasteiger partial charge in [-0.15, -0.1) is 0 Å². The van der Waals surface area contributed by atoms with Crippen LogP contribution in [0.2, 0.25) is 0 Å².